The first-order valence-electron chi connectivity index (χ1n) is 15.8. The second-order valence-corrected chi connectivity index (χ2v) is 12.2. The molecule has 4 N–H and O–H groups in total. The summed E-state index contributed by atoms with van der Waals surface area (Å²) in [6.45, 7) is 4.22. The molecule has 7 rings (SSSR count). The van der Waals surface area contributed by atoms with E-state index >= 15 is 0 Å². The van der Waals surface area contributed by atoms with Crippen LogP contribution in [0.4, 0.5) is 10.6 Å². The molecular formula is C33H39N9O3. The van der Waals surface area contributed by atoms with E-state index in [2.05, 4.69) is 37.5 Å². The number of rotatable bonds is 7. The molecule has 1 amide bonds. The van der Waals surface area contributed by atoms with Gasteiger partial charge in [-0.3, -0.25) is 4.90 Å². The lowest BCUT2D eigenvalue weighted by atomic mass is 9.89. The lowest BCUT2D eigenvalue weighted by molar-refractivity contribution is 0.0329. The summed E-state index contributed by atoms with van der Waals surface area (Å²) in [5.74, 6) is 2.11. The molecule has 1 atom stereocenters. The fraction of sp³-hybridized carbons (Fsp3) is 0.424. The normalized spacial score (nSPS) is 21.0. The number of para-hydroxylation sites is 1. The molecule has 45 heavy (non-hydrogen) atoms. The number of nitrogens with zero attached hydrogens (tertiary/aromatic N) is 7. The Hall–Kier alpha value is -4.71. The molecule has 2 aliphatic rings. The molecule has 0 bridgehead atoms. The van der Waals surface area contributed by atoms with Gasteiger partial charge >= 0.3 is 6.09 Å². The van der Waals surface area contributed by atoms with Gasteiger partial charge in [-0.15, -0.1) is 0 Å². The number of fused-ring (bicyclic) bond motifs is 2. The van der Waals surface area contributed by atoms with E-state index in [0.717, 1.165) is 95.7 Å². The first kappa shape index (κ1) is 29.0. The number of hydrogen-bond acceptors (Lipinski definition) is 8. The Morgan fingerprint density at radius 3 is 2.67 bits per heavy atom. The molecular weight excluding hydrogens is 570 g/mol. The molecule has 1 saturated carbocycles. The van der Waals surface area contributed by atoms with Gasteiger partial charge in [0.05, 0.1) is 29.6 Å². The molecule has 2 aromatic carbocycles. The van der Waals surface area contributed by atoms with Gasteiger partial charge in [-0.2, -0.15) is 5.10 Å². The summed E-state index contributed by atoms with van der Waals surface area (Å²) < 4.78 is 7.59. The van der Waals surface area contributed by atoms with Crippen molar-refractivity contribution in [2.24, 2.45) is 0 Å². The predicted octanol–water partition coefficient (Wildman–Crippen LogP) is 5.11. The van der Waals surface area contributed by atoms with Gasteiger partial charge < -0.3 is 25.5 Å². The highest BCUT2D eigenvalue weighted by Gasteiger charge is 2.35. The van der Waals surface area contributed by atoms with Gasteiger partial charge in [-0.25, -0.2) is 24.4 Å². The van der Waals surface area contributed by atoms with E-state index in [1.54, 1.807) is 12.0 Å². The van der Waals surface area contributed by atoms with E-state index in [9.17, 15) is 9.90 Å². The zero-order chi connectivity index (χ0) is 31.1. The highest BCUT2D eigenvalue weighted by Crippen LogP contribution is 2.38. The van der Waals surface area contributed by atoms with Crippen molar-refractivity contribution in [1.82, 2.24) is 39.5 Å². The molecule has 1 aliphatic heterocycles. The zero-order valence-electron chi connectivity index (χ0n) is 25.7. The molecule has 234 valence electrons. The van der Waals surface area contributed by atoms with Crippen LogP contribution in [0.25, 0.3) is 33.3 Å². The molecule has 0 radical (unpaired) electrons. The van der Waals surface area contributed by atoms with E-state index in [0.29, 0.717) is 24.8 Å². The molecule has 1 saturated heterocycles. The summed E-state index contributed by atoms with van der Waals surface area (Å²) >= 11 is 0. The number of ether oxygens (including phenoxy) is 1. The van der Waals surface area contributed by atoms with Gasteiger partial charge in [0.25, 0.3) is 0 Å². The van der Waals surface area contributed by atoms with Crippen molar-refractivity contribution in [3.63, 3.8) is 0 Å². The number of aromatic nitrogens is 6. The van der Waals surface area contributed by atoms with Crippen LogP contribution in [-0.4, -0.2) is 89.5 Å². The molecule has 12 nitrogen and oxygen atoms in total. The van der Waals surface area contributed by atoms with Gasteiger partial charge in [0.15, 0.2) is 5.65 Å². The minimum Gasteiger partial charge on any atom is -0.496 e. The van der Waals surface area contributed by atoms with Crippen LogP contribution in [0.2, 0.25) is 0 Å². The number of piperazine rings is 1. The van der Waals surface area contributed by atoms with E-state index in [4.69, 9.17) is 20.6 Å². The molecule has 2 fully saturated rings. The maximum atomic E-state index is 11.7. The number of hydrogen-bond donors (Lipinski definition) is 3. The minimum atomic E-state index is -0.812. The third-order valence-electron chi connectivity index (χ3n) is 9.63. The standard InChI is InChI=1S/C33H39N9O3/c1-3-22-18-40(14-15-41(22)33(43)44)23-9-11-24(12-10-23)42-32-29(31(34)35-19-36-32)30(39-42)21-8-13-25-26(16-21)38-28(37-25)17-20-6-4-5-7-27(20)45-2/h4-8,13,16,19,22-24H,3,9-12,14-15,17-18H2,1-2H3,(H,37,38)(H,43,44)(H2,34,35,36)/t22?,23-,24-. The number of aromatic amines is 1. The Morgan fingerprint density at radius 2 is 1.89 bits per heavy atom. The van der Waals surface area contributed by atoms with Crippen molar-refractivity contribution in [3.8, 4) is 17.0 Å². The summed E-state index contributed by atoms with van der Waals surface area (Å²) in [6, 6.07) is 14.8. The number of imidazole rings is 1. The number of nitrogen functional groups attached to an aromatic ring is 1. The number of nitrogens with two attached hydrogens (primary N) is 1. The molecule has 12 heteroatoms. The molecule has 1 aliphatic carbocycles. The Morgan fingerprint density at radius 1 is 1.09 bits per heavy atom. The van der Waals surface area contributed by atoms with Gasteiger partial charge in [0.1, 0.15) is 29.4 Å². The van der Waals surface area contributed by atoms with Gasteiger partial charge in [-0.1, -0.05) is 31.2 Å². The summed E-state index contributed by atoms with van der Waals surface area (Å²) in [6.07, 6.45) is 6.14. The zero-order valence-corrected chi connectivity index (χ0v) is 25.7. The number of carboxylic acid groups (broad SMARTS) is 1. The van der Waals surface area contributed by atoms with Gasteiger partial charge in [0.2, 0.25) is 0 Å². The number of nitrogens with one attached hydrogen (secondary N) is 1. The summed E-state index contributed by atoms with van der Waals surface area (Å²) in [4.78, 5) is 33.0. The highest BCUT2D eigenvalue weighted by molar-refractivity contribution is 5.99. The maximum Gasteiger partial charge on any atom is 0.407 e. The quantitative estimate of drug-likeness (QED) is 0.229. The van der Waals surface area contributed by atoms with E-state index in [1.807, 2.05) is 36.4 Å². The third-order valence-corrected chi connectivity index (χ3v) is 9.63. The number of H-pyrrole nitrogens is 1. The number of methoxy groups -OCH3 is 1. The number of anilines is 1. The average molecular weight is 610 g/mol. The summed E-state index contributed by atoms with van der Waals surface area (Å²) in [7, 11) is 1.68. The Balaban J connectivity index is 1.13. The van der Waals surface area contributed by atoms with Crippen LogP contribution in [0.15, 0.2) is 48.8 Å². The van der Waals surface area contributed by atoms with E-state index in [-0.39, 0.29) is 12.1 Å². The smallest absolute Gasteiger partial charge is 0.407 e. The molecule has 1 unspecified atom stereocenters. The van der Waals surface area contributed by atoms with Crippen molar-refractivity contribution < 1.29 is 14.6 Å². The van der Waals surface area contributed by atoms with E-state index < -0.39 is 6.09 Å². The molecule has 3 aromatic heterocycles. The van der Waals surface area contributed by atoms with Crippen LogP contribution in [0.5, 0.6) is 5.75 Å². The number of carbonyl (C=O) groups is 1. The summed E-state index contributed by atoms with van der Waals surface area (Å²) in [5.41, 5.74) is 11.8. The van der Waals surface area contributed by atoms with Crippen molar-refractivity contribution in [1.29, 1.82) is 0 Å². The Kier molecular flexibility index (Phi) is 7.74. The monoisotopic (exact) mass is 609 g/mol. The largest absolute Gasteiger partial charge is 0.496 e. The fourth-order valence-corrected chi connectivity index (χ4v) is 7.26. The van der Waals surface area contributed by atoms with Crippen LogP contribution in [0.1, 0.15) is 56.5 Å². The van der Waals surface area contributed by atoms with Crippen molar-refractivity contribution >= 4 is 34.0 Å². The van der Waals surface area contributed by atoms with Crippen LogP contribution in [0, 0.1) is 0 Å². The topological polar surface area (TPSA) is 151 Å². The SMILES string of the molecule is CCC1CN([C@H]2CC[C@H](n3nc(-c4ccc5nc(Cc6ccccc6OC)[nH]c5c4)c4c(N)ncnc43)CC2)CCN1C(=O)O. The Bertz CT molecular complexity index is 1840. The first-order valence-corrected chi connectivity index (χ1v) is 15.8. The molecule has 4 heterocycles. The second-order valence-electron chi connectivity index (χ2n) is 12.2. The Labute approximate surface area is 261 Å². The van der Waals surface area contributed by atoms with E-state index in [1.165, 1.54) is 6.33 Å². The maximum absolute atomic E-state index is 11.7. The van der Waals surface area contributed by atoms with Crippen LogP contribution in [-0.2, 0) is 6.42 Å². The highest BCUT2D eigenvalue weighted by atomic mass is 16.5. The predicted molar refractivity (Wildman–Crippen MR) is 172 cm³/mol. The van der Waals surface area contributed by atoms with Crippen molar-refractivity contribution in [2.75, 3.05) is 32.5 Å². The van der Waals surface area contributed by atoms with Crippen molar-refractivity contribution in [3.05, 3.63) is 60.2 Å². The minimum absolute atomic E-state index is 0.0516. The lowest BCUT2D eigenvalue weighted by Crippen LogP contribution is -2.57. The fourth-order valence-electron chi connectivity index (χ4n) is 7.26. The lowest BCUT2D eigenvalue weighted by Gasteiger charge is -2.45. The van der Waals surface area contributed by atoms with Crippen LogP contribution in [0.3, 0.4) is 0 Å². The third kappa shape index (κ3) is 5.43. The second kappa shape index (κ2) is 12.0. The summed E-state index contributed by atoms with van der Waals surface area (Å²) in [5, 5.41) is 15.5. The van der Waals surface area contributed by atoms with Gasteiger partial charge in [0, 0.05) is 49.3 Å². The average Bonchev–Trinajstić information content (AvgIpc) is 3.66. The van der Waals surface area contributed by atoms with Crippen LogP contribution >= 0.6 is 0 Å². The number of benzene rings is 2. The van der Waals surface area contributed by atoms with Crippen LogP contribution < -0.4 is 10.5 Å². The first-order chi connectivity index (χ1) is 21.9. The van der Waals surface area contributed by atoms with Gasteiger partial charge in [-0.05, 0) is 50.3 Å². The molecule has 5 aromatic rings. The van der Waals surface area contributed by atoms with Crippen molar-refractivity contribution in [2.45, 2.75) is 63.6 Å². The number of amides is 1. The molecule has 0 spiro atoms.